The number of hydrogen-bond acceptors (Lipinski definition) is 4. The smallest absolute Gasteiger partial charge is 0.310 e. The van der Waals surface area contributed by atoms with Crippen LogP contribution in [0, 0.1) is 0 Å². The maximum atomic E-state index is 10.8. The van der Waals surface area contributed by atoms with E-state index in [0.717, 1.165) is 0 Å². The molecule has 0 aliphatic heterocycles. The Morgan fingerprint density at radius 3 is 3.00 bits per heavy atom. The summed E-state index contributed by atoms with van der Waals surface area (Å²) < 4.78 is 5.08. The van der Waals surface area contributed by atoms with Gasteiger partial charge in [0.2, 0.25) is 0 Å². The minimum atomic E-state index is -0.870. The van der Waals surface area contributed by atoms with Gasteiger partial charge in [-0.05, 0) is 24.6 Å². The van der Waals surface area contributed by atoms with Gasteiger partial charge in [-0.25, -0.2) is 0 Å². The molecule has 3 N–H and O–H groups in total. The Kier molecular flexibility index (Phi) is 2.07. The van der Waals surface area contributed by atoms with Crippen molar-refractivity contribution in [2.45, 2.75) is 12.8 Å². The standard InChI is InChI=1S/C10H10N2O3/c1-5(9(13)14)6-2-3-8-7(4-6)12-10(11)15-8/h2-5H,1H3,(H2,11,12)(H,13,14). The fraction of sp³-hybridized carbons (Fsp3) is 0.200. The Balaban J connectivity index is 2.50. The van der Waals surface area contributed by atoms with E-state index in [1.807, 2.05) is 0 Å². The maximum absolute atomic E-state index is 10.8. The average Bonchev–Trinajstić information content (AvgIpc) is 2.55. The molecular formula is C10H10N2O3. The zero-order chi connectivity index (χ0) is 11.0. The van der Waals surface area contributed by atoms with Crippen molar-refractivity contribution in [3.63, 3.8) is 0 Å². The first-order valence-electron chi connectivity index (χ1n) is 4.46. The molecule has 5 nitrogen and oxygen atoms in total. The number of carboxylic acid groups (broad SMARTS) is 1. The molecule has 2 aromatic rings. The number of aliphatic carboxylic acids is 1. The number of aromatic nitrogens is 1. The number of hydrogen-bond donors (Lipinski definition) is 2. The number of nitrogen functional groups attached to an aromatic ring is 1. The second kappa shape index (κ2) is 3.27. The van der Waals surface area contributed by atoms with Gasteiger partial charge in [0, 0.05) is 0 Å². The summed E-state index contributed by atoms with van der Waals surface area (Å²) >= 11 is 0. The third-order valence-corrected chi connectivity index (χ3v) is 2.30. The van der Waals surface area contributed by atoms with Crippen LogP contribution in [0.15, 0.2) is 22.6 Å². The van der Waals surface area contributed by atoms with Gasteiger partial charge in [0.05, 0.1) is 5.92 Å². The number of fused-ring (bicyclic) bond motifs is 1. The van der Waals surface area contributed by atoms with E-state index in [0.29, 0.717) is 16.7 Å². The summed E-state index contributed by atoms with van der Waals surface area (Å²) in [7, 11) is 0. The Hall–Kier alpha value is -2.04. The van der Waals surface area contributed by atoms with Gasteiger partial charge < -0.3 is 15.3 Å². The van der Waals surface area contributed by atoms with E-state index in [2.05, 4.69) is 4.98 Å². The SMILES string of the molecule is CC(C(=O)O)c1ccc2oc(N)nc2c1. The quantitative estimate of drug-likeness (QED) is 0.778. The van der Waals surface area contributed by atoms with Gasteiger partial charge >= 0.3 is 5.97 Å². The van der Waals surface area contributed by atoms with E-state index >= 15 is 0 Å². The number of nitrogens with two attached hydrogens (primary N) is 1. The van der Waals surface area contributed by atoms with Gasteiger partial charge in [0.1, 0.15) is 5.52 Å². The molecule has 0 saturated carbocycles. The molecule has 1 unspecified atom stereocenters. The molecule has 0 saturated heterocycles. The van der Waals surface area contributed by atoms with Crippen molar-refractivity contribution in [3.05, 3.63) is 23.8 Å². The summed E-state index contributed by atoms with van der Waals surface area (Å²) in [6.45, 7) is 1.62. The average molecular weight is 206 g/mol. The molecule has 1 aromatic carbocycles. The van der Waals surface area contributed by atoms with Crippen molar-refractivity contribution < 1.29 is 14.3 Å². The van der Waals surface area contributed by atoms with Crippen LogP contribution < -0.4 is 5.73 Å². The molecule has 1 atom stereocenters. The fourth-order valence-electron chi connectivity index (χ4n) is 1.37. The van der Waals surface area contributed by atoms with E-state index in [1.165, 1.54) is 0 Å². The zero-order valence-corrected chi connectivity index (χ0v) is 8.10. The molecule has 0 aliphatic rings. The number of benzene rings is 1. The van der Waals surface area contributed by atoms with Crippen LogP contribution in [0.1, 0.15) is 18.4 Å². The first-order chi connectivity index (χ1) is 7.08. The van der Waals surface area contributed by atoms with E-state index in [-0.39, 0.29) is 6.01 Å². The van der Waals surface area contributed by atoms with Crippen molar-refractivity contribution >= 4 is 23.1 Å². The highest BCUT2D eigenvalue weighted by molar-refractivity contribution is 5.80. The Labute approximate surface area is 85.5 Å². The molecule has 2 rings (SSSR count). The summed E-state index contributed by atoms with van der Waals surface area (Å²) in [5.74, 6) is -1.43. The molecule has 0 fully saturated rings. The van der Waals surface area contributed by atoms with Crippen LogP contribution in [-0.4, -0.2) is 16.1 Å². The molecule has 0 amide bonds. The fourth-order valence-corrected chi connectivity index (χ4v) is 1.37. The molecule has 78 valence electrons. The first kappa shape index (κ1) is 9.51. The van der Waals surface area contributed by atoms with Crippen molar-refractivity contribution in [1.82, 2.24) is 4.98 Å². The van der Waals surface area contributed by atoms with Crippen LogP contribution in [0.25, 0.3) is 11.1 Å². The number of rotatable bonds is 2. The monoisotopic (exact) mass is 206 g/mol. The molecule has 1 heterocycles. The molecule has 5 heteroatoms. The highest BCUT2D eigenvalue weighted by atomic mass is 16.4. The lowest BCUT2D eigenvalue weighted by atomic mass is 10.0. The first-order valence-corrected chi connectivity index (χ1v) is 4.46. The lowest BCUT2D eigenvalue weighted by Crippen LogP contribution is -2.06. The van der Waals surface area contributed by atoms with Gasteiger partial charge in [-0.2, -0.15) is 4.98 Å². The van der Waals surface area contributed by atoms with Gasteiger partial charge in [-0.1, -0.05) is 6.07 Å². The predicted octanol–water partition coefficient (Wildman–Crippen LogP) is 1.60. The second-order valence-electron chi connectivity index (χ2n) is 3.34. The van der Waals surface area contributed by atoms with Gasteiger partial charge in [-0.15, -0.1) is 0 Å². The topological polar surface area (TPSA) is 89.3 Å². The number of anilines is 1. The Morgan fingerprint density at radius 1 is 1.60 bits per heavy atom. The summed E-state index contributed by atoms with van der Waals surface area (Å²) in [6, 6.07) is 5.14. The van der Waals surface area contributed by atoms with E-state index in [1.54, 1.807) is 25.1 Å². The van der Waals surface area contributed by atoms with Crippen LogP contribution in [0.2, 0.25) is 0 Å². The van der Waals surface area contributed by atoms with Crippen molar-refractivity contribution in [2.24, 2.45) is 0 Å². The summed E-state index contributed by atoms with van der Waals surface area (Å²) in [5.41, 5.74) is 7.21. The van der Waals surface area contributed by atoms with Crippen LogP contribution >= 0.6 is 0 Å². The van der Waals surface area contributed by atoms with Crippen LogP contribution in [0.5, 0.6) is 0 Å². The van der Waals surface area contributed by atoms with Crippen LogP contribution in [0.3, 0.4) is 0 Å². The molecule has 0 spiro atoms. The molecule has 1 aromatic heterocycles. The second-order valence-corrected chi connectivity index (χ2v) is 3.34. The molecule has 0 aliphatic carbocycles. The van der Waals surface area contributed by atoms with Gasteiger partial charge in [0.25, 0.3) is 6.01 Å². The van der Waals surface area contributed by atoms with Crippen LogP contribution in [-0.2, 0) is 4.79 Å². The maximum Gasteiger partial charge on any atom is 0.310 e. The van der Waals surface area contributed by atoms with Crippen molar-refractivity contribution in [3.8, 4) is 0 Å². The zero-order valence-electron chi connectivity index (χ0n) is 8.10. The minimum absolute atomic E-state index is 0.0881. The molecule has 0 bridgehead atoms. The summed E-state index contributed by atoms with van der Waals surface area (Å²) in [6.07, 6.45) is 0. The van der Waals surface area contributed by atoms with Crippen molar-refractivity contribution in [1.29, 1.82) is 0 Å². The van der Waals surface area contributed by atoms with Crippen LogP contribution in [0.4, 0.5) is 6.01 Å². The Bertz CT molecular complexity index is 518. The lowest BCUT2D eigenvalue weighted by molar-refractivity contribution is -0.138. The molecule has 0 radical (unpaired) electrons. The number of carboxylic acids is 1. The highest BCUT2D eigenvalue weighted by Crippen LogP contribution is 2.22. The number of nitrogens with zero attached hydrogens (tertiary/aromatic N) is 1. The van der Waals surface area contributed by atoms with E-state index in [9.17, 15) is 4.79 Å². The predicted molar refractivity (Wildman–Crippen MR) is 54.5 cm³/mol. The van der Waals surface area contributed by atoms with Gasteiger partial charge in [0.15, 0.2) is 5.58 Å². The normalized spacial score (nSPS) is 12.9. The minimum Gasteiger partial charge on any atom is -0.481 e. The van der Waals surface area contributed by atoms with E-state index < -0.39 is 11.9 Å². The largest absolute Gasteiger partial charge is 0.481 e. The molecular weight excluding hydrogens is 196 g/mol. The molecule has 15 heavy (non-hydrogen) atoms. The number of carbonyl (C=O) groups is 1. The Morgan fingerprint density at radius 2 is 2.33 bits per heavy atom. The summed E-state index contributed by atoms with van der Waals surface area (Å²) in [5, 5.41) is 8.84. The highest BCUT2D eigenvalue weighted by Gasteiger charge is 2.15. The van der Waals surface area contributed by atoms with Crippen molar-refractivity contribution in [2.75, 3.05) is 5.73 Å². The third-order valence-electron chi connectivity index (χ3n) is 2.30. The third kappa shape index (κ3) is 1.63. The summed E-state index contributed by atoms with van der Waals surface area (Å²) in [4.78, 5) is 14.7. The number of oxazole rings is 1. The van der Waals surface area contributed by atoms with Gasteiger partial charge in [-0.3, -0.25) is 4.79 Å². The lowest BCUT2D eigenvalue weighted by Gasteiger charge is -2.04. The van der Waals surface area contributed by atoms with E-state index in [4.69, 9.17) is 15.3 Å².